The Hall–Kier alpha value is -3.37. The van der Waals surface area contributed by atoms with Gasteiger partial charge in [0.2, 0.25) is 5.91 Å². The molecule has 0 aliphatic rings. The van der Waals surface area contributed by atoms with Crippen molar-refractivity contribution in [2.75, 3.05) is 18.5 Å². The third-order valence-electron chi connectivity index (χ3n) is 3.96. The summed E-state index contributed by atoms with van der Waals surface area (Å²) < 4.78 is 30.9. The number of thiazole rings is 1. The summed E-state index contributed by atoms with van der Waals surface area (Å²) in [7, 11) is 0. The Morgan fingerprint density at radius 3 is 2.62 bits per heavy atom. The first kappa shape index (κ1) is 23.3. The fraction of sp³-hybridized carbons (Fsp3) is 0.143. The second-order valence-corrected chi connectivity index (χ2v) is 7.74. The Morgan fingerprint density at radius 2 is 1.88 bits per heavy atom. The third kappa shape index (κ3) is 6.82. The van der Waals surface area contributed by atoms with Crippen LogP contribution in [-0.2, 0) is 25.5 Å². The number of esters is 1. The lowest BCUT2D eigenvalue weighted by Gasteiger charge is -2.08. The fourth-order valence-corrected chi connectivity index (χ4v) is 3.50. The third-order valence-corrected chi connectivity index (χ3v) is 5.14. The van der Waals surface area contributed by atoms with Crippen molar-refractivity contribution in [3.63, 3.8) is 0 Å². The average molecular weight is 480 g/mol. The van der Waals surface area contributed by atoms with Crippen LogP contribution in [0, 0.1) is 11.6 Å². The molecule has 32 heavy (non-hydrogen) atoms. The number of nitrogens with zero attached hydrogens (tertiary/aromatic N) is 1. The average Bonchev–Trinajstić information content (AvgIpc) is 3.22. The number of anilines is 1. The number of halogens is 3. The topological polar surface area (TPSA) is 97.4 Å². The predicted octanol–water partition coefficient (Wildman–Crippen LogP) is 3.58. The number of amides is 2. The lowest BCUT2D eigenvalue weighted by molar-refractivity contribution is -0.147. The maximum Gasteiger partial charge on any atom is 0.312 e. The van der Waals surface area contributed by atoms with Gasteiger partial charge in [-0.25, -0.2) is 13.8 Å². The monoisotopic (exact) mass is 479 g/mol. The molecule has 7 nitrogen and oxygen atoms in total. The summed E-state index contributed by atoms with van der Waals surface area (Å²) in [5.41, 5.74) is 1.35. The second-order valence-electron chi connectivity index (χ2n) is 6.45. The molecule has 2 amide bonds. The van der Waals surface area contributed by atoms with Gasteiger partial charge < -0.3 is 15.4 Å². The number of carbonyl (C=O) groups is 3. The normalized spacial score (nSPS) is 10.5. The Balaban J connectivity index is 1.39. The van der Waals surface area contributed by atoms with E-state index in [1.807, 2.05) is 6.07 Å². The van der Waals surface area contributed by atoms with Crippen LogP contribution < -0.4 is 10.6 Å². The van der Waals surface area contributed by atoms with Crippen molar-refractivity contribution in [3.05, 3.63) is 70.2 Å². The summed E-state index contributed by atoms with van der Waals surface area (Å²) in [5, 5.41) is 7.53. The number of hydrogen-bond donors (Lipinski definition) is 2. The summed E-state index contributed by atoms with van der Waals surface area (Å²) in [5.74, 6) is -4.17. The molecule has 0 bridgehead atoms. The minimum Gasteiger partial charge on any atom is -0.455 e. The van der Waals surface area contributed by atoms with Crippen LogP contribution in [-0.4, -0.2) is 35.9 Å². The molecule has 3 rings (SSSR count). The first-order valence-corrected chi connectivity index (χ1v) is 10.4. The smallest absolute Gasteiger partial charge is 0.312 e. The molecule has 0 radical (unpaired) electrons. The Morgan fingerprint density at radius 1 is 1.06 bits per heavy atom. The molecule has 0 saturated carbocycles. The van der Waals surface area contributed by atoms with E-state index in [-0.39, 0.29) is 12.1 Å². The molecule has 166 valence electrons. The second kappa shape index (κ2) is 10.8. The zero-order valence-corrected chi connectivity index (χ0v) is 17.9. The quantitative estimate of drug-likeness (QED) is 0.481. The molecule has 3 aromatic rings. The summed E-state index contributed by atoms with van der Waals surface area (Å²) >= 11 is 7.31. The first-order valence-electron chi connectivity index (χ1n) is 9.18. The summed E-state index contributed by atoms with van der Waals surface area (Å²) in [6, 6.07) is 10.0. The van der Waals surface area contributed by atoms with E-state index in [0.717, 1.165) is 17.7 Å². The minimum absolute atomic E-state index is 0.0370. The van der Waals surface area contributed by atoms with Gasteiger partial charge in [-0.15, -0.1) is 11.3 Å². The van der Waals surface area contributed by atoms with Gasteiger partial charge in [-0.1, -0.05) is 23.7 Å². The van der Waals surface area contributed by atoms with Gasteiger partial charge in [0.1, 0.15) is 5.01 Å². The highest BCUT2D eigenvalue weighted by molar-refractivity contribution is 7.13. The van der Waals surface area contributed by atoms with Gasteiger partial charge in [0.25, 0.3) is 5.91 Å². The molecule has 11 heteroatoms. The van der Waals surface area contributed by atoms with Crippen LogP contribution in [0.3, 0.4) is 0 Å². The van der Waals surface area contributed by atoms with Crippen LogP contribution >= 0.6 is 22.9 Å². The Kier molecular flexibility index (Phi) is 7.85. The van der Waals surface area contributed by atoms with Crippen molar-refractivity contribution < 1.29 is 27.9 Å². The summed E-state index contributed by atoms with van der Waals surface area (Å²) in [4.78, 5) is 39.8. The van der Waals surface area contributed by atoms with Crippen molar-refractivity contribution in [2.24, 2.45) is 0 Å². The predicted molar refractivity (Wildman–Crippen MR) is 115 cm³/mol. The Labute approximate surface area is 190 Å². The molecule has 0 aliphatic heterocycles. The summed E-state index contributed by atoms with van der Waals surface area (Å²) in [6.07, 6.45) is -0.124. The number of carbonyl (C=O) groups excluding carboxylic acids is 3. The number of ether oxygens (including phenoxy) is 1. The van der Waals surface area contributed by atoms with E-state index < -0.39 is 42.6 Å². The number of rotatable bonds is 8. The fourth-order valence-electron chi connectivity index (χ4n) is 2.50. The van der Waals surface area contributed by atoms with E-state index in [2.05, 4.69) is 15.6 Å². The van der Waals surface area contributed by atoms with Crippen molar-refractivity contribution >= 4 is 46.4 Å². The number of aromatic nitrogens is 1. The molecule has 1 aromatic heterocycles. The first-order chi connectivity index (χ1) is 15.3. The molecular formula is C21H16ClF2N3O4S. The van der Waals surface area contributed by atoms with E-state index in [4.69, 9.17) is 16.3 Å². The van der Waals surface area contributed by atoms with Gasteiger partial charge in [-0.2, -0.15) is 0 Å². The SMILES string of the molecule is O=C(COC(=O)Cc1csc(-c2cccc(Cl)c2)n1)NCC(=O)Nc1ccc(F)c(F)c1. The van der Waals surface area contributed by atoms with E-state index in [1.54, 1.807) is 23.6 Å². The lowest BCUT2D eigenvalue weighted by Crippen LogP contribution is -2.35. The number of hydrogen-bond acceptors (Lipinski definition) is 6. The van der Waals surface area contributed by atoms with E-state index in [1.165, 1.54) is 17.4 Å². The van der Waals surface area contributed by atoms with Gasteiger partial charge in [0.05, 0.1) is 18.7 Å². The molecule has 0 spiro atoms. The Bertz CT molecular complexity index is 1160. The molecule has 1 heterocycles. The van der Waals surface area contributed by atoms with Crippen molar-refractivity contribution in [1.82, 2.24) is 10.3 Å². The zero-order chi connectivity index (χ0) is 23.1. The lowest BCUT2D eigenvalue weighted by atomic mass is 10.2. The molecule has 2 N–H and O–H groups in total. The number of nitrogens with one attached hydrogen (secondary N) is 2. The van der Waals surface area contributed by atoms with Crippen LogP contribution in [0.4, 0.5) is 14.5 Å². The van der Waals surface area contributed by atoms with E-state index in [9.17, 15) is 23.2 Å². The molecule has 0 atom stereocenters. The highest BCUT2D eigenvalue weighted by atomic mass is 35.5. The summed E-state index contributed by atoms with van der Waals surface area (Å²) in [6.45, 7) is -1.02. The van der Waals surface area contributed by atoms with E-state index in [0.29, 0.717) is 15.7 Å². The highest BCUT2D eigenvalue weighted by Crippen LogP contribution is 2.26. The largest absolute Gasteiger partial charge is 0.455 e. The van der Waals surface area contributed by atoms with Gasteiger partial charge in [-0.3, -0.25) is 14.4 Å². The van der Waals surface area contributed by atoms with Crippen LogP contribution in [0.1, 0.15) is 5.69 Å². The van der Waals surface area contributed by atoms with Crippen LogP contribution in [0.5, 0.6) is 0 Å². The maximum atomic E-state index is 13.1. The van der Waals surface area contributed by atoms with Crippen molar-refractivity contribution in [3.8, 4) is 10.6 Å². The van der Waals surface area contributed by atoms with Crippen LogP contribution in [0.25, 0.3) is 10.6 Å². The molecule has 2 aromatic carbocycles. The zero-order valence-electron chi connectivity index (χ0n) is 16.4. The van der Waals surface area contributed by atoms with Crippen molar-refractivity contribution in [2.45, 2.75) is 6.42 Å². The molecule has 0 unspecified atom stereocenters. The van der Waals surface area contributed by atoms with Gasteiger partial charge in [0, 0.05) is 27.7 Å². The molecular weight excluding hydrogens is 464 g/mol. The maximum absolute atomic E-state index is 13.1. The molecule has 0 aliphatic carbocycles. The van der Waals surface area contributed by atoms with Gasteiger partial charge in [0.15, 0.2) is 18.2 Å². The van der Waals surface area contributed by atoms with Crippen LogP contribution in [0.2, 0.25) is 5.02 Å². The standard InChI is InChI=1S/C21H16ClF2N3O4S/c22-13-3-1-2-12(6-13)21-27-15(11-32-21)8-20(30)31-10-19(29)25-9-18(28)26-14-4-5-16(23)17(24)7-14/h1-7,11H,8-10H2,(H,25,29)(H,26,28). The van der Waals surface area contributed by atoms with Gasteiger partial charge in [-0.05, 0) is 24.3 Å². The van der Waals surface area contributed by atoms with Gasteiger partial charge >= 0.3 is 5.97 Å². The number of benzene rings is 2. The molecule has 0 saturated heterocycles. The highest BCUT2D eigenvalue weighted by Gasteiger charge is 2.13. The van der Waals surface area contributed by atoms with E-state index >= 15 is 0 Å². The minimum atomic E-state index is -1.11. The molecule has 0 fully saturated rings. The van der Waals surface area contributed by atoms with Crippen molar-refractivity contribution in [1.29, 1.82) is 0 Å². The van der Waals surface area contributed by atoms with Crippen LogP contribution in [0.15, 0.2) is 47.8 Å².